The fraction of sp³-hybridized carbons (Fsp3) is 0.333. The van der Waals surface area contributed by atoms with E-state index in [9.17, 15) is 4.21 Å². The van der Waals surface area contributed by atoms with Crippen molar-refractivity contribution >= 4 is 9.92 Å². The highest BCUT2D eigenvalue weighted by Gasteiger charge is 2.11. The zero-order valence-corrected chi connectivity index (χ0v) is 8.89. The predicted molar refractivity (Wildman–Crippen MR) is 54.0 cm³/mol. The fourth-order valence-electron chi connectivity index (χ4n) is 0.934. The lowest BCUT2D eigenvalue weighted by molar-refractivity contribution is 0.589. The Bertz CT molecular complexity index is 379. The molecule has 72 valence electrons. The third-order valence-corrected chi connectivity index (χ3v) is 3.79. The molecule has 3 nitrogen and oxygen atoms in total. The first-order valence-corrected chi connectivity index (χ1v) is 5.49. The molecule has 0 saturated carbocycles. The van der Waals surface area contributed by atoms with E-state index >= 15 is 0 Å². The van der Waals surface area contributed by atoms with Gasteiger partial charge in [-0.1, -0.05) is 17.7 Å². The Balaban J connectivity index is 3.17. The summed E-state index contributed by atoms with van der Waals surface area (Å²) in [6.07, 6.45) is 0. The van der Waals surface area contributed by atoms with Gasteiger partial charge in [0.2, 0.25) is 0 Å². The largest absolute Gasteiger partial charge is 0.236 e. The van der Waals surface area contributed by atoms with Crippen molar-refractivity contribution in [3.63, 3.8) is 0 Å². The lowest BCUT2D eigenvalue weighted by Gasteiger charge is -2.14. The molecular weight excluding hydrogens is 184 g/mol. The minimum Gasteiger partial charge on any atom is -0.236 e. The van der Waals surface area contributed by atoms with Crippen LogP contribution in [0.1, 0.15) is 5.56 Å². The summed E-state index contributed by atoms with van der Waals surface area (Å²) in [6, 6.07) is 7.22. The molecule has 0 bridgehead atoms. The zero-order chi connectivity index (χ0) is 10.1. The van der Waals surface area contributed by atoms with Crippen LogP contribution in [0, 0.1) is 11.7 Å². The van der Waals surface area contributed by atoms with Crippen LogP contribution in [0.5, 0.6) is 0 Å². The molecule has 0 amide bonds. The molecule has 0 aliphatic carbocycles. The van der Waals surface area contributed by atoms with E-state index in [1.54, 1.807) is 26.2 Å². The molecular formula is C9H14N2OS. The summed E-state index contributed by atoms with van der Waals surface area (Å²) in [6.45, 7) is 1.96. The number of nitrogens with one attached hydrogen (secondary N) is 1. The van der Waals surface area contributed by atoms with Crippen LogP contribution >= 0.6 is 0 Å². The molecule has 0 radical (unpaired) electrons. The Labute approximate surface area is 79.5 Å². The van der Waals surface area contributed by atoms with Crippen LogP contribution in [-0.2, 0) is 9.92 Å². The molecule has 0 aliphatic rings. The summed E-state index contributed by atoms with van der Waals surface area (Å²) < 4.78 is 20.9. The second-order valence-electron chi connectivity index (χ2n) is 3.15. The van der Waals surface area contributed by atoms with Gasteiger partial charge in [-0.15, -0.1) is 0 Å². The van der Waals surface area contributed by atoms with Crippen molar-refractivity contribution in [2.45, 2.75) is 11.8 Å². The molecule has 0 aliphatic heterocycles. The summed E-state index contributed by atoms with van der Waals surface area (Å²) in [7, 11) is 0.536. The molecule has 0 heterocycles. The van der Waals surface area contributed by atoms with Crippen molar-refractivity contribution in [2.24, 2.45) is 0 Å². The van der Waals surface area contributed by atoms with Crippen LogP contribution in [0.4, 0.5) is 0 Å². The predicted octanol–water partition coefficient (Wildman–Crippen LogP) is 1.88. The highest BCUT2D eigenvalue weighted by molar-refractivity contribution is 7.90. The number of aryl methyl sites for hydroxylation is 1. The van der Waals surface area contributed by atoms with Crippen molar-refractivity contribution in [2.75, 3.05) is 14.1 Å². The summed E-state index contributed by atoms with van der Waals surface area (Å²) in [5, 5.41) is 0. The van der Waals surface area contributed by atoms with E-state index < -0.39 is 9.92 Å². The van der Waals surface area contributed by atoms with E-state index in [-0.39, 0.29) is 0 Å². The minimum absolute atomic E-state index is 0.558. The van der Waals surface area contributed by atoms with Gasteiger partial charge in [0.25, 0.3) is 0 Å². The van der Waals surface area contributed by atoms with Crippen molar-refractivity contribution in [3.8, 4) is 0 Å². The Morgan fingerprint density at radius 2 is 1.69 bits per heavy atom. The maximum absolute atomic E-state index is 11.8. The van der Waals surface area contributed by atoms with Crippen molar-refractivity contribution < 1.29 is 4.21 Å². The van der Waals surface area contributed by atoms with Gasteiger partial charge in [-0.3, -0.25) is 0 Å². The van der Waals surface area contributed by atoms with E-state index in [1.807, 2.05) is 19.1 Å². The second kappa shape index (κ2) is 3.47. The lowest BCUT2D eigenvalue weighted by atomic mass is 10.2. The average Bonchev–Trinajstić information content (AvgIpc) is 2.04. The monoisotopic (exact) mass is 198 g/mol. The summed E-state index contributed by atoms with van der Waals surface area (Å²) in [5.41, 5.74) is 1.11. The highest BCUT2D eigenvalue weighted by Crippen LogP contribution is 2.13. The van der Waals surface area contributed by atoms with Crippen molar-refractivity contribution in [1.82, 2.24) is 4.31 Å². The van der Waals surface area contributed by atoms with Crippen LogP contribution < -0.4 is 0 Å². The number of hydrogen-bond acceptors (Lipinski definition) is 2. The van der Waals surface area contributed by atoms with Gasteiger partial charge in [0, 0.05) is 14.1 Å². The van der Waals surface area contributed by atoms with E-state index in [4.69, 9.17) is 4.78 Å². The van der Waals surface area contributed by atoms with E-state index in [0.29, 0.717) is 4.90 Å². The summed E-state index contributed by atoms with van der Waals surface area (Å²) >= 11 is 0. The van der Waals surface area contributed by atoms with Crippen LogP contribution in [-0.4, -0.2) is 22.6 Å². The molecule has 1 aromatic rings. The number of hydrogen-bond donors (Lipinski definition) is 1. The molecule has 1 atom stereocenters. The Hall–Kier alpha value is -0.870. The molecule has 1 rings (SSSR count). The Kier molecular flexibility index (Phi) is 2.73. The Morgan fingerprint density at radius 3 is 2.08 bits per heavy atom. The molecule has 4 heteroatoms. The third kappa shape index (κ3) is 2.08. The molecule has 1 aromatic carbocycles. The topological polar surface area (TPSA) is 44.2 Å². The smallest absolute Gasteiger partial charge is 0.136 e. The normalized spacial score (nSPS) is 15.7. The molecule has 1 unspecified atom stereocenters. The van der Waals surface area contributed by atoms with Gasteiger partial charge in [0.15, 0.2) is 0 Å². The third-order valence-electron chi connectivity index (χ3n) is 1.85. The molecule has 1 N–H and O–H groups in total. The minimum atomic E-state index is -2.76. The summed E-state index contributed by atoms with van der Waals surface area (Å²) in [5.74, 6) is 0. The Morgan fingerprint density at radius 1 is 1.23 bits per heavy atom. The van der Waals surface area contributed by atoms with E-state index in [0.717, 1.165) is 5.56 Å². The van der Waals surface area contributed by atoms with Crippen molar-refractivity contribution in [1.29, 1.82) is 4.78 Å². The number of rotatable bonds is 2. The number of nitrogens with zero attached hydrogens (tertiary/aromatic N) is 1. The van der Waals surface area contributed by atoms with E-state index in [2.05, 4.69) is 0 Å². The van der Waals surface area contributed by atoms with Gasteiger partial charge in [0.1, 0.15) is 9.92 Å². The van der Waals surface area contributed by atoms with Gasteiger partial charge < -0.3 is 0 Å². The number of benzene rings is 1. The molecule has 0 aromatic heterocycles. The highest BCUT2D eigenvalue weighted by atomic mass is 32.2. The first-order valence-electron chi connectivity index (χ1n) is 3.97. The van der Waals surface area contributed by atoms with Gasteiger partial charge in [-0.25, -0.2) is 13.3 Å². The van der Waals surface area contributed by atoms with Crippen LogP contribution in [0.3, 0.4) is 0 Å². The SMILES string of the molecule is Cc1ccc(S(=N)(=O)N(C)C)cc1. The fourth-order valence-corrected chi connectivity index (χ4v) is 1.86. The van der Waals surface area contributed by atoms with Crippen molar-refractivity contribution in [3.05, 3.63) is 29.8 Å². The quantitative estimate of drug-likeness (QED) is 0.774. The molecule has 13 heavy (non-hydrogen) atoms. The van der Waals surface area contributed by atoms with Gasteiger partial charge in [-0.05, 0) is 19.1 Å². The van der Waals surface area contributed by atoms with Crippen LogP contribution in [0.15, 0.2) is 29.2 Å². The summed E-state index contributed by atoms with van der Waals surface area (Å²) in [4.78, 5) is 0.558. The molecule has 0 spiro atoms. The average molecular weight is 198 g/mol. The maximum Gasteiger partial charge on any atom is 0.136 e. The van der Waals surface area contributed by atoms with Gasteiger partial charge >= 0.3 is 0 Å². The standard InChI is InChI=1S/C9H14N2OS/c1-8-4-6-9(7-5-8)13(10,12)11(2)3/h4-7,10H,1-3H3. The molecule has 0 fully saturated rings. The van der Waals surface area contributed by atoms with Crippen LogP contribution in [0.2, 0.25) is 0 Å². The second-order valence-corrected chi connectivity index (χ2v) is 5.40. The zero-order valence-electron chi connectivity index (χ0n) is 8.07. The molecule has 0 saturated heterocycles. The lowest BCUT2D eigenvalue weighted by Crippen LogP contribution is -2.20. The van der Waals surface area contributed by atoms with Gasteiger partial charge in [0.05, 0.1) is 4.90 Å². The maximum atomic E-state index is 11.8. The first kappa shape index (κ1) is 10.2. The van der Waals surface area contributed by atoms with Gasteiger partial charge in [-0.2, -0.15) is 0 Å². The van der Waals surface area contributed by atoms with Crippen LogP contribution in [0.25, 0.3) is 0 Å². The first-order chi connectivity index (χ1) is 5.94. The van der Waals surface area contributed by atoms with E-state index in [1.165, 1.54) is 4.31 Å².